The molecule has 0 radical (unpaired) electrons. The zero-order valence-corrected chi connectivity index (χ0v) is 16.8. The molecule has 1 aromatic heterocycles. The predicted octanol–water partition coefficient (Wildman–Crippen LogP) is 2.65. The molecule has 3 N–H and O–H groups in total. The van der Waals surface area contributed by atoms with Gasteiger partial charge in [-0.15, -0.1) is 11.3 Å². The van der Waals surface area contributed by atoms with Crippen LogP contribution in [0.25, 0.3) is 10.1 Å². The molecule has 2 rings (SSSR count). The Balaban J connectivity index is 1.82. The number of nitrogens with zero attached hydrogens (tertiary/aromatic N) is 1. The van der Waals surface area contributed by atoms with Gasteiger partial charge in [-0.2, -0.15) is 0 Å². The van der Waals surface area contributed by atoms with E-state index in [0.29, 0.717) is 24.8 Å². The molecule has 0 amide bonds. The van der Waals surface area contributed by atoms with E-state index in [1.54, 1.807) is 18.4 Å². The summed E-state index contributed by atoms with van der Waals surface area (Å²) in [6, 6.07) is 10.1. The lowest BCUT2D eigenvalue weighted by Crippen LogP contribution is -2.41. The van der Waals surface area contributed by atoms with Crippen molar-refractivity contribution in [1.82, 2.24) is 10.6 Å². The highest BCUT2D eigenvalue weighted by Crippen LogP contribution is 2.29. The zero-order valence-electron chi connectivity index (χ0n) is 15.2. The highest BCUT2D eigenvalue weighted by atomic mass is 32.2. The Morgan fingerprint density at radius 3 is 2.68 bits per heavy atom. The van der Waals surface area contributed by atoms with Gasteiger partial charge < -0.3 is 15.7 Å². The zero-order chi connectivity index (χ0) is 18.4. The van der Waals surface area contributed by atoms with Gasteiger partial charge >= 0.3 is 0 Å². The second kappa shape index (κ2) is 8.78. The van der Waals surface area contributed by atoms with E-state index in [0.717, 1.165) is 10.3 Å². The monoisotopic (exact) mass is 381 g/mol. The van der Waals surface area contributed by atoms with Crippen molar-refractivity contribution in [1.29, 1.82) is 0 Å². The molecule has 2 atom stereocenters. The van der Waals surface area contributed by atoms with Gasteiger partial charge in [0.2, 0.25) is 0 Å². The third kappa shape index (κ3) is 5.80. The minimum atomic E-state index is -0.900. The lowest BCUT2D eigenvalue weighted by molar-refractivity contribution is 0.184. The van der Waals surface area contributed by atoms with Crippen molar-refractivity contribution < 1.29 is 9.32 Å². The minimum Gasteiger partial charge on any atom is -0.386 e. The van der Waals surface area contributed by atoms with Crippen molar-refractivity contribution in [2.45, 2.75) is 31.6 Å². The van der Waals surface area contributed by atoms with Crippen molar-refractivity contribution in [3.8, 4) is 0 Å². The molecule has 0 fully saturated rings. The Bertz CT molecular complexity index is 717. The van der Waals surface area contributed by atoms with Crippen LogP contribution in [0.15, 0.2) is 35.3 Å². The molecular weight excluding hydrogens is 354 g/mol. The van der Waals surface area contributed by atoms with Gasteiger partial charge in [-0.25, -0.2) is 0 Å². The first-order valence-electron chi connectivity index (χ1n) is 8.31. The van der Waals surface area contributed by atoms with Gasteiger partial charge in [0, 0.05) is 51.0 Å². The number of aliphatic hydroxyl groups excluding tert-OH is 1. The summed E-state index contributed by atoms with van der Waals surface area (Å²) in [6.45, 7) is 6.85. The average molecular weight is 382 g/mol. The largest absolute Gasteiger partial charge is 0.386 e. The number of benzene rings is 1. The Morgan fingerprint density at radius 2 is 2.04 bits per heavy atom. The fourth-order valence-corrected chi connectivity index (χ4v) is 4.20. The molecule has 0 saturated heterocycles. The Morgan fingerprint density at radius 1 is 1.32 bits per heavy atom. The van der Waals surface area contributed by atoms with Crippen LogP contribution >= 0.6 is 11.3 Å². The minimum absolute atomic E-state index is 0.212. The molecule has 0 aliphatic carbocycles. The van der Waals surface area contributed by atoms with Gasteiger partial charge in [-0.3, -0.25) is 9.20 Å². The number of fused-ring (bicyclic) bond motifs is 1. The van der Waals surface area contributed by atoms with E-state index in [2.05, 4.69) is 21.7 Å². The van der Waals surface area contributed by atoms with E-state index in [1.807, 2.05) is 45.0 Å². The van der Waals surface area contributed by atoms with E-state index in [4.69, 9.17) is 0 Å². The highest BCUT2D eigenvalue weighted by Gasteiger charge is 2.18. The van der Waals surface area contributed by atoms with Crippen LogP contribution in [0.1, 0.15) is 31.8 Å². The van der Waals surface area contributed by atoms with Crippen LogP contribution in [0.3, 0.4) is 0 Å². The van der Waals surface area contributed by atoms with E-state index in [1.165, 1.54) is 4.70 Å². The molecule has 7 heteroatoms. The maximum absolute atomic E-state index is 12.0. The molecular formula is C18H27N3O2S2. The van der Waals surface area contributed by atoms with Crippen molar-refractivity contribution in [3.63, 3.8) is 0 Å². The van der Waals surface area contributed by atoms with Crippen LogP contribution in [0.5, 0.6) is 0 Å². The van der Waals surface area contributed by atoms with Crippen LogP contribution < -0.4 is 10.6 Å². The normalized spacial score (nSPS) is 15.2. The quantitative estimate of drug-likeness (QED) is 0.531. The van der Waals surface area contributed by atoms with E-state index >= 15 is 0 Å². The van der Waals surface area contributed by atoms with Crippen molar-refractivity contribution in [2.75, 3.05) is 25.9 Å². The molecule has 2 aromatic rings. The molecule has 1 aromatic carbocycles. The molecule has 0 aliphatic rings. The number of aliphatic imine (C=N–C) groups is 1. The third-order valence-corrected chi connectivity index (χ3v) is 6.88. The summed E-state index contributed by atoms with van der Waals surface area (Å²) in [5.74, 6) is 1.16. The van der Waals surface area contributed by atoms with Gasteiger partial charge in [-0.1, -0.05) is 18.2 Å². The number of nitrogens with one attached hydrogen (secondary N) is 2. The summed E-state index contributed by atoms with van der Waals surface area (Å²) in [6.07, 6.45) is -0.598. The van der Waals surface area contributed by atoms with Gasteiger partial charge in [0.05, 0.1) is 0 Å². The number of thiophene rings is 1. The van der Waals surface area contributed by atoms with Crippen LogP contribution in [-0.4, -0.2) is 45.9 Å². The number of aliphatic hydroxyl groups is 1. The van der Waals surface area contributed by atoms with Crippen LogP contribution in [0, 0.1) is 0 Å². The molecule has 25 heavy (non-hydrogen) atoms. The molecule has 0 aliphatic heterocycles. The molecule has 0 spiro atoms. The lowest BCUT2D eigenvalue weighted by atomic mass is 10.2. The summed E-state index contributed by atoms with van der Waals surface area (Å²) < 4.78 is 13.0. The van der Waals surface area contributed by atoms with Crippen molar-refractivity contribution >= 4 is 38.2 Å². The van der Waals surface area contributed by atoms with E-state index < -0.39 is 16.9 Å². The van der Waals surface area contributed by atoms with E-state index in [9.17, 15) is 9.32 Å². The van der Waals surface area contributed by atoms with Crippen LogP contribution in [0.2, 0.25) is 0 Å². The fraction of sp³-hybridized carbons (Fsp3) is 0.500. The molecule has 138 valence electrons. The average Bonchev–Trinajstić information content (AvgIpc) is 3.00. The first-order valence-corrected chi connectivity index (χ1v) is 10.4. The highest BCUT2D eigenvalue weighted by molar-refractivity contribution is 7.86. The first kappa shape index (κ1) is 19.9. The Labute approximate surface area is 156 Å². The van der Waals surface area contributed by atoms with E-state index in [-0.39, 0.29) is 4.75 Å². The predicted molar refractivity (Wildman–Crippen MR) is 109 cm³/mol. The number of hydrogen-bond donors (Lipinski definition) is 3. The number of hydrogen-bond acceptors (Lipinski definition) is 4. The Hall–Kier alpha value is -1.44. The first-order chi connectivity index (χ1) is 11.8. The summed E-state index contributed by atoms with van der Waals surface area (Å²) in [7, 11) is 0.782. The number of guanidine groups is 1. The van der Waals surface area contributed by atoms with Crippen LogP contribution in [-0.2, 0) is 10.8 Å². The summed E-state index contributed by atoms with van der Waals surface area (Å²) >= 11 is 1.60. The van der Waals surface area contributed by atoms with Crippen LogP contribution in [0.4, 0.5) is 0 Å². The summed E-state index contributed by atoms with van der Waals surface area (Å²) in [5.41, 5.74) is 0. The summed E-state index contributed by atoms with van der Waals surface area (Å²) in [4.78, 5) is 5.07. The SMILES string of the molecule is CN=C(NCCS(=O)C(C)(C)C)NCC(O)c1cc2ccccc2s1. The lowest BCUT2D eigenvalue weighted by Gasteiger charge is -2.19. The van der Waals surface area contributed by atoms with Crippen molar-refractivity contribution in [2.24, 2.45) is 4.99 Å². The molecule has 0 saturated carbocycles. The fourth-order valence-electron chi connectivity index (χ4n) is 2.25. The maximum Gasteiger partial charge on any atom is 0.191 e. The smallest absolute Gasteiger partial charge is 0.191 e. The second-order valence-electron chi connectivity index (χ2n) is 6.74. The molecule has 2 unspecified atom stereocenters. The maximum atomic E-state index is 12.0. The molecule has 1 heterocycles. The molecule has 0 bridgehead atoms. The molecule has 5 nitrogen and oxygen atoms in total. The number of rotatable bonds is 6. The topological polar surface area (TPSA) is 73.7 Å². The summed E-state index contributed by atoms with van der Waals surface area (Å²) in [5, 5.41) is 17.8. The second-order valence-corrected chi connectivity index (χ2v) is 10.2. The van der Waals surface area contributed by atoms with Gasteiger partial charge in [0.15, 0.2) is 5.96 Å². The van der Waals surface area contributed by atoms with Gasteiger partial charge in [0.25, 0.3) is 0 Å². The van der Waals surface area contributed by atoms with Gasteiger partial charge in [-0.05, 0) is 38.3 Å². The standard InChI is InChI=1S/C18H27N3O2S2/c1-18(2,3)25(23)10-9-20-17(19-4)21-12-14(22)16-11-13-7-5-6-8-15(13)24-16/h5-8,11,14,22H,9-10,12H2,1-4H3,(H2,19,20,21). The van der Waals surface area contributed by atoms with Gasteiger partial charge in [0.1, 0.15) is 6.10 Å². The Kier molecular flexibility index (Phi) is 6.98. The third-order valence-electron chi connectivity index (χ3n) is 3.72. The van der Waals surface area contributed by atoms with Crippen molar-refractivity contribution in [3.05, 3.63) is 35.2 Å².